The van der Waals surface area contributed by atoms with E-state index < -0.39 is 0 Å². The van der Waals surface area contributed by atoms with E-state index in [9.17, 15) is 0 Å². The molecule has 0 radical (unpaired) electrons. The first-order valence-electron chi connectivity index (χ1n) is 5.81. The van der Waals surface area contributed by atoms with Crippen LogP contribution in [-0.4, -0.2) is 16.0 Å². The molecule has 1 heterocycles. The maximum atomic E-state index is 5.33. The lowest BCUT2D eigenvalue weighted by atomic mass is 10.1. The molecule has 0 aromatic carbocycles. The molecule has 0 amide bonds. The fourth-order valence-corrected chi connectivity index (χ4v) is 1.81. The number of halogens is 1. The molecular weight excluding hydrogens is 278 g/mol. The summed E-state index contributed by atoms with van der Waals surface area (Å²) in [5.41, 5.74) is 0. The molecule has 0 saturated carbocycles. The van der Waals surface area contributed by atoms with Crippen LogP contribution in [0.3, 0.4) is 0 Å². The van der Waals surface area contributed by atoms with Crippen molar-refractivity contribution in [2.24, 2.45) is 0 Å². The van der Waals surface area contributed by atoms with Crippen molar-refractivity contribution < 1.29 is 0 Å². The minimum Gasteiger partial charge on any atom is -0.366 e. The van der Waals surface area contributed by atoms with Crippen LogP contribution in [0.1, 0.15) is 45.4 Å². The summed E-state index contributed by atoms with van der Waals surface area (Å²) in [6.45, 7) is 6.25. The summed E-state index contributed by atoms with van der Waals surface area (Å²) < 4.78 is 0.800. The van der Waals surface area contributed by atoms with Gasteiger partial charge in [0.25, 0.3) is 0 Å². The van der Waals surface area contributed by atoms with Gasteiger partial charge in [0.2, 0.25) is 0 Å². The molecule has 1 aromatic heterocycles. The molecule has 0 aliphatic heterocycles. The lowest BCUT2D eigenvalue weighted by Crippen LogP contribution is -2.19. The van der Waals surface area contributed by atoms with Gasteiger partial charge in [0, 0.05) is 24.4 Å². The third-order valence-corrected chi connectivity index (χ3v) is 2.84. The van der Waals surface area contributed by atoms with E-state index in [0.29, 0.717) is 12.3 Å². The van der Waals surface area contributed by atoms with Crippen LogP contribution in [0.15, 0.2) is 10.7 Å². The topological polar surface area (TPSA) is 37.8 Å². The Balaban J connectivity index is 2.87. The monoisotopic (exact) mass is 295 g/mol. The zero-order chi connectivity index (χ0) is 12.8. The lowest BCUT2D eigenvalue weighted by molar-refractivity contribution is 0.703. The molecular formula is C13H18BrN3. The summed E-state index contributed by atoms with van der Waals surface area (Å²) in [6, 6.07) is 2.15. The summed E-state index contributed by atoms with van der Waals surface area (Å²) in [4.78, 5) is 8.82. The van der Waals surface area contributed by atoms with E-state index in [4.69, 9.17) is 6.42 Å². The number of nitrogens with zero attached hydrogens (tertiary/aromatic N) is 2. The van der Waals surface area contributed by atoms with Crippen LogP contribution in [0.25, 0.3) is 0 Å². The van der Waals surface area contributed by atoms with Crippen molar-refractivity contribution in [2.45, 2.75) is 45.6 Å². The van der Waals surface area contributed by atoms with Gasteiger partial charge in [-0.05, 0) is 22.4 Å². The number of rotatable bonds is 5. The summed E-state index contributed by atoms with van der Waals surface area (Å²) in [5, 5.41) is 3.34. The van der Waals surface area contributed by atoms with Crippen LogP contribution in [0, 0.1) is 12.3 Å². The van der Waals surface area contributed by atoms with E-state index in [1.54, 1.807) is 0 Å². The van der Waals surface area contributed by atoms with Gasteiger partial charge in [-0.25, -0.2) is 9.97 Å². The van der Waals surface area contributed by atoms with Crippen LogP contribution >= 0.6 is 15.9 Å². The number of aromatic nitrogens is 2. The maximum Gasteiger partial charge on any atom is 0.134 e. The Morgan fingerprint density at radius 1 is 1.47 bits per heavy atom. The van der Waals surface area contributed by atoms with Crippen LogP contribution in [0.2, 0.25) is 0 Å². The largest absolute Gasteiger partial charge is 0.366 e. The third-order valence-electron chi connectivity index (χ3n) is 2.44. The highest BCUT2D eigenvalue weighted by atomic mass is 79.9. The molecule has 0 spiro atoms. The van der Waals surface area contributed by atoms with Crippen molar-refractivity contribution >= 4 is 21.7 Å². The first kappa shape index (κ1) is 14.0. The predicted octanol–water partition coefficient (Wildman–Crippen LogP) is 3.58. The Kier molecular flexibility index (Phi) is 5.43. The van der Waals surface area contributed by atoms with Crippen molar-refractivity contribution in [3.63, 3.8) is 0 Å². The lowest BCUT2D eigenvalue weighted by Gasteiger charge is -2.16. The summed E-state index contributed by atoms with van der Waals surface area (Å²) in [7, 11) is 0. The summed E-state index contributed by atoms with van der Waals surface area (Å²) in [5.74, 6) is 4.64. The number of anilines is 1. The average Bonchev–Trinajstić information content (AvgIpc) is 2.27. The quantitative estimate of drug-likeness (QED) is 0.666. The van der Waals surface area contributed by atoms with E-state index in [2.05, 4.69) is 57.9 Å². The second kappa shape index (κ2) is 6.61. The van der Waals surface area contributed by atoms with Crippen molar-refractivity contribution in [1.82, 2.24) is 9.97 Å². The van der Waals surface area contributed by atoms with Crippen molar-refractivity contribution in [3.8, 4) is 12.3 Å². The van der Waals surface area contributed by atoms with Gasteiger partial charge in [-0.2, -0.15) is 0 Å². The molecule has 0 bridgehead atoms. The fourth-order valence-electron chi connectivity index (χ4n) is 1.42. The standard InChI is InChI=1S/C13H18BrN3/c1-5-7-10(6-2)15-12-8-11(14)16-13(17-12)9(3)4/h1,8-10H,6-7H2,2-4H3,(H,15,16,17). The maximum absolute atomic E-state index is 5.33. The first-order valence-corrected chi connectivity index (χ1v) is 6.60. The molecule has 1 rings (SSSR count). The first-order chi connectivity index (χ1) is 8.06. The van der Waals surface area contributed by atoms with Crippen molar-refractivity contribution in [3.05, 3.63) is 16.5 Å². The smallest absolute Gasteiger partial charge is 0.134 e. The van der Waals surface area contributed by atoms with Crippen LogP contribution in [0.5, 0.6) is 0 Å². The molecule has 0 aliphatic rings. The van der Waals surface area contributed by atoms with Gasteiger partial charge in [0.1, 0.15) is 16.2 Å². The van der Waals surface area contributed by atoms with Crippen LogP contribution in [-0.2, 0) is 0 Å². The van der Waals surface area contributed by atoms with Crippen molar-refractivity contribution in [2.75, 3.05) is 5.32 Å². The van der Waals surface area contributed by atoms with Gasteiger partial charge >= 0.3 is 0 Å². The van der Waals surface area contributed by atoms with Gasteiger partial charge in [0.05, 0.1) is 0 Å². The normalized spacial score (nSPS) is 12.2. The second-order valence-electron chi connectivity index (χ2n) is 4.25. The molecule has 1 N–H and O–H groups in total. The molecule has 0 aliphatic carbocycles. The van der Waals surface area contributed by atoms with Gasteiger partial charge in [-0.1, -0.05) is 20.8 Å². The highest BCUT2D eigenvalue weighted by molar-refractivity contribution is 9.10. The Morgan fingerprint density at radius 3 is 2.71 bits per heavy atom. The molecule has 1 atom stereocenters. The molecule has 1 aromatic rings. The Morgan fingerprint density at radius 2 is 2.18 bits per heavy atom. The zero-order valence-corrected chi connectivity index (χ0v) is 12.1. The van der Waals surface area contributed by atoms with Gasteiger partial charge < -0.3 is 5.32 Å². The Hall–Kier alpha value is -1.08. The number of hydrogen-bond donors (Lipinski definition) is 1. The van der Waals surface area contributed by atoms with E-state index in [1.165, 1.54) is 0 Å². The molecule has 0 saturated heterocycles. The minimum atomic E-state index is 0.266. The fraction of sp³-hybridized carbons (Fsp3) is 0.538. The van der Waals surface area contributed by atoms with Gasteiger partial charge in [-0.3, -0.25) is 0 Å². The Labute approximate surface area is 112 Å². The molecule has 0 fully saturated rings. The summed E-state index contributed by atoms with van der Waals surface area (Å²) in [6.07, 6.45) is 7.01. The molecule has 17 heavy (non-hydrogen) atoms. The molecule has 92 valence electrons. The van der Waals surface area contributed by atoms with E-state index >= 15 is 0 Å². The van der Waals surface area contributed by atoms with E-state index in [1.807, 2.05) is 6.07 Å². The third kappa shape index (κ3) is 4.35. The highest BCUT2D eigenvalue weighted by Crippen LogP contribution is 2.18. The molecule has 4 heteroatoms. The van der Waals surface area contributed by atoms with Crippen molar-refractivity contribution in [1.29, 1.82) is 0 Å². The number of nitrogens with one attached hydrogen (secondary N) is 1. The highest BCUT2D eigenvalue weighted by Gasteiger charge is 2.09. The molecule has 3 nitrogen and oxygen atoms in total. The van der Waals surface area contributed by atoms with E-state index in [0.717, 1.165) is 22.7 Å². The zero-order valence-electron chi connectivity index (χ0n) is 10.5. The molecule has 1 unspecified atom stereocenters. The van der Waals surface area contributed by atoms with E-state index in [-0.39, 0.29) is 6.04 Å². The average molecular weight is 296 g/mol. The van der Waals surface area contributed by atoms with Crippen LogP contribution < -0.4 is 5.32 Å². The predicted molar refractivity (Wildman–Crippen MR) is 75.0 cm³/mol. The van der Waals surface area contributed by atoms with Gasteiger partial charge in [-0.15, -0.1) is 12.3 Å². The Bertz CT molecular complexity index is 410. The number of hydrogen-bond acceptors (Lipinski definition) is 3. The van der Waals surface area contributed by atoms with Gasteiger partial charge in [0.15, 0.2) is 0 Å². The summed E-state index contributed by atoms with van der Waals surface area (Å²) >= 11 is 3.40. The number of terminal acetylenes is 1. The van der Waals surface area contributed by atoms with Crippen LogP contribution in [0.4, 0.5) is 5.82 Å². The second-order valence-corrected chi connectivity index (χ2v) is 5.06. The minimum absolute atomic E-state index is 0.266. The SMILES string of the molecule is C#CCC(CC)Nc1cc(Br)nc(C(C)C)n1.